The molecule has 0 atom stereocenters. The van der Waals surface area contributed by atoms with Crippen LogP contribution in [-0.4, -0.2) is 31.2 Å². The number of aryl methyl sites for hydroxylation is 1. The van der Waals surface area contributed by atoms with Gasteiger partial charge in [-0.15, -0.1) is 11.3 Å². The molecule has 112 valence electrons. The number of carbonyl (C=O) groups is 1. The van der Waals surface area contributed by atoms with E-state index in [4.69, 9.17) is 0 Å². The molecule has 8 nitrogen and oxygen atoms in total. The summed E-state index contributed by atoms with van der Waals surface area (Å²) >= 11 is 1.46. The lowest BCUT2D eigenvalue weighted by molar-refractivity contribution is -0.120. The number of nitrogens with one attached hydrogen (secondary N) is 1. The zero-order valence-electron chi connectivity index (χ0n) is 11.7. The van der Waals surface area contributed by atoms with Crippen molar-refractivity contribution in [2.45, 2.75) is 19.9 Å². The largest absolute Gasteiger partial charge is 0.350 e. The van der Waals surface area contributed by atoms with Crippen LogP contribution in [0.4, 0.5) is 0 Å². The van der Waals surface area contributed by atoms with E-state index in [9.17, 15) is 4.79 Å². The number of nitrogens with zero attached hydrogens (tertiary/aromatic N) is 5. The van der Waals surface area contributed by atoms with Gasteiger partial charge in [0, 0.05) is 17.8 Å². The predicted molar refractivity (Wildman–Crippen MR) is 77.7 cm³/mol. The first kappa shape index (κ1) is 14.3. The Balaban J connectivity index is 1.57. The summed E-state index contributed by atoms with van der Waals surface area (Å²) in [7, 11) is 0. The molecule has 0 aromatic carbocycles. The molecule has 0 unspecified atom stereocenters. The quantitative estimate of drug-likeness (QED) is 0.752. The van der Waals surface area contributed by atoms with E-state index < -0.39 is 0 Å². The summed E-state index contributed by atoms with van der Waals surface area (Å²) in [6, 6.07) is 0. The van der Waals surface area contributed by atoms with Crippen LogP contribution < -0.4 is 5.32 Å². The second kappa shape index (κ2) is 6.39. The van der Waals surface area contributed by atoms with Crippen LogP contribution in [-0.2, 0) is 17.8 Å². The molecule has 3 aromatic heterocycles. The smallest absolute Gasteiger partial charge is 0.226 e. The Morgan fingerprint density at radius 1 is 1.36 bits per heavy atom. The number of hydrogen-bond donors (Lipinski definition) is 1. The topological polar surface area (TPSA) is 107 Å². The van der Waals surface area contributed by atoms with Crippen molar-refractivity contribution in [2.24, 2.45) is 0 Å². The van der Waals surface area contributed by atoms with Crippen molar-refractivity contribution in [3.63, 3.8) is 0 Å². The number of thiazole rings is 1. The molecule has 0 spiro atoms. The van der Waals surface area contributed by atoms with E-state index in [1.807, 2.05) is 5.38 Å². The zero-order chi connectivity index (χ0) is 15.4. The second-order valence-electron chi connectivity index (χ2n) is 4.48. The third kappa shape index (κ3) is 3.31. The zero-order valence-corrected chi connectivity index (χ0v) is 12.5. The van der Waals surface area contributed by atoms with Gasteiger partial charge in [0.25, 0.3) is 0 Å². The van der Waals surface area contributed by atoms with E-state index in [-0.39, 0.29) is 12.3 Å². The van der Waals surface area contributed by atoms with Gasteiger partial charge in [0.15, 0.2) is 0 Å². The van der Waals surface area contributed by atoms with Crippen molar-refractivity contribution >= 4 is 17.2 Å². The lowest BCUT2D eigenvalue weighted by atomic mass is 10.2. The van der Waals surface area contributed by atoms with E-state index in [2.05, 4.69) is 35.2 Å². The summed E-state index contributed by atoms with van der Waals surface area (Å²) < 4.78 is 4.56. The Kier molecular flexibility index (Phi) is 4.15. The number of rotatable bonds is 5. The summed E-state index contributed by atoms with van der Waals surface area (Å²) in [4.78, 5) is 24.5. The molecular weight excluding hydrogens is 304 g/mol. The monoisotopic (exact) mass is 316 g/mol. The van der Waals surface area contributed by atoms with Gasteiger partial charge in [-0.2, -0.15) is 0 Å². The normalized spacial score (nSPS) is 10.6. The van der Waals surface area contributed by atoms with E-state index in [0.29, 0.717) is 17.9 Å². The molecule has 0 bridgehead atoms. The van der Waals surface area contributed by atoms with Crippen molar-refractivity contribution in [1.29, 1.82) is 0 Å². The minimum atomic E-state index is -0.159. The van der Waals surface area contributed by atoms with Gasteiger partial charge in [0.2, 0.25) is 5.91 Å². The highest BCUT2D eigenvalue weighted by molar-refractivity contribution is 7.13. The van der Waals surface area contributed by atoms with Gasteiger partial charge in [-0.3, -0.25) is 14.8 Å². The molecule has 1 amide bonds. The van der Waals surface area contributed by atoms with Crippen molar-refractivity contribution in [1.82, 2.24) is 30.6 Å². The SMILES string of the molecule is Cc1nonc1CC(=O)NCc1csc(-c2cnccn2)n1. The molecule has 0 aliphatic carbocycles. The van der Waals surface area contributed by atoms with E-state index in [1.54, 1.807) is 25.5 Å². The highest BCUT2D eigenvalue weighted by Gasteiger charge is 2.12. The Hall–Kier alpha value is -2.68. The molecule has 0 radical (unpaired) electrons. The van der Waals surface area contributed by atoms with Crippen LogP contribution >= 0.6 is 11.3 Å². The van der Waals surface area contributed by atoms with Crippen LogP contribution in [0.2, 0.25) is 0 Å². The lowest BCUT2D eigenvalue weighted by Crippen LogP contribution is -2.25. The van der Waals surface area contributed by atoms with Gasteiger partial charge in [-0.05, 0) is 6.92 Å². The molecule has 3 rings (SSSR count). The number of aromatic nitrogens is 5. The molecule has 0 fully saturated rings. The maximum absolute atomic E-state index is 11.8. The van der Waals surface area contributed by atoms with Crippen LogP contribution in [0.15, 0.2) is 28.6 Å². The number of amides is 1. The van der Waals surface area contributed by atoms with E-state index in [0.717, 1.165) is 16.4 Å². The van der Waals surface area contributed by atoms with Crippen LogP contribution in [0.25, 0.3) is 10.7 Å². The highest BCUT2D eigenvalue weighted by atomic mass is 32.1. The minimum absolute atomic E-state index is 0.135. The van der Waals surface area contributed by atoms with Crippen molar-refractivity contribution in [3.8, 4) is 10.7 Å². The van der Waals surface area contributed by atoms with Gasteiger partial charge < -0.3 is 5.32 Å². The summed E-state index contributed by atoms with van der Waals surface area (Å²) in [6.07, 6.45) is 5.02. The third-order valence-electron chi connectivity index (χ3n) is 2.88. The average molecular weight is 316 g/mol. The Labute approximate surface area is 129 Å². The van der Waals surface area contributed by atoms with Crippen LogP contribution in [0.5, 0.6) is 0 Å². The molecule has 0 saturated carbocycles. The second-order valence-corrected chi connectivity index (χ2v) is 5.34. The number of hydrogen-bond acceptors (Lipinski definition) is 8. The molecular formula is C13H12N6O2S. The average Bonchev–Trinajstić information content (AvgIpc) is 3.16. The summed E-state index contributed by atoms with van der Waals surface area (Å²) in [6.45, 7) is 2.09. The van der Waals surface area contributed by atoms with Crippen molar-refractivity contribution in [2.75, 3.05) is 0 Å². The van der Waals surface area contributed by atoms with Crippen molar-refractivity contribution < 1.29 is 9.42 Å². The molecule has 3 aromatic rings. The Bertz CT molecular complexity index is 770. The van der Waals surface area contributed by atoms with Gasteiger partial charge >= 0.3 is 0 Å². The molecule has 9 heteroatoms. The van der Waals surface area contributed by atoms with Gasteiger partial charge in [0.1, 0.15) is 22.1 Å². The Morgan fingerprint density at radius 3 is 3.00 bits per heavy atom. The summed E-state index contributed by atoms with van der Waals surface area (Å²) in [5.41, 5.74) is 2.65. The fraction of sp³-hybridized carbons (Fsp3) is 0.231. The maximum Gasteiger partial charge on any atom is 0.226 e. The van der Waals surface area contributed by atoms with Gasteiger partial charge in [0.05, 0.1) is 24.9 Å². The standard InChI is InChI=1S/C13H12N6O2S/c1-8-10(19-21-18-8)4-12(20)16-5-9-7-22-13(17-9)11-6-14-2-3-15-11/h2-3,6-7H,4-5H2,1H3,(H,16,20). The fourth-order valence-electron chi connectivity index (χ4n) is 1.73. The third-order valence-corrected chi connectivity index (χ3v) is 3.79. The molecule has 3 heterocycles. The van der Waals surface area contributed by atoms with Crippen LogP contribution in [0, 0.1) is 6.92 Å². The number of carbonyl (C=O) groups excluding carboxylic acids is 1. The molecule has 22 heavy (non-hydrogen) atoms. The summed E-state index contributed by atoms with van der Waals surface area (Å²) in [5, 5.41) is 12.8. The van der Waals surface area contributed by atoms with E-state index >= 15 is 0 Å². The lowest BCUT2D eigenvalue weighted by Gasteiger charge is -2.01. The van der Waals surface area contributed by atoms with Gasteiger partial charge in [-0.25, -0.2) is 9.61 Å². The van der Waals surface area contributed by atoms with Crippen LogP contribution in [0.3, 0.4) is 0 Å². The highest BCUT2D eigenvalue weighted by Crippen LogP contribution is 2.20. The van der Waals surface area contributed by atoms with Crippen molar-refractivity contribution in [3.05, 3.63) is 41.1 Å². The first-order valence-electron chi connectivity index (χ1n) is 6.48. The van der Waals surface area contributed by atoms with Crippen LogP contribution in [0.1, 0.15) is 17.1 Å². The fourth-order valence-corrected chi connectivity index (χ4v) is 2.51. The molecule has 0 saturated heterocycles. The predicted octanol–water partition coefficient (Wildman–Crippen LogP) is 1.15. The summed E-state index contributed by atoms with van der Waals surface area (Å²) in [5.74, 6) is -0.159. The minimum Gasteiger partial charge on any atom is -0.350 e. The molecule has 1 N–H and O–H groups in total. The van der Waals surface area contributed by atoms with E-state index in [1.165, 1.54) is 11.3 Å². The molecule has 0 aliphatic rings. The maximum atomic E-state index is 11.8. The first-order chi connectivity index (χ1) is 10.7. The van der Waals surface area contributed by atoms with Gasteiger partial charge in [-0.1, -0.05) is 10.3 Å². The first-order valence-corrected chi connectivity index (χ1v) is 7.36. The molecule has 0 aliphatic heterocycles. The Morgan fingerprint density at radius 2 is 2.27 bits per heavy atom.